The highest BCUT2D eigenvalue weighted by molar-refractivity contribution is 14.0. The predicted molar refractivity (Wildman–Crippen MR) is 102 cm³/mol. The van der Waals surface area contributed by atoms with Crippen molar-refractivity contribution in [3.05, 3.63) is 0 Å². The molecular formula is C14H32IN3O2S. The molecule has 7 heteroatoms. The standard InChI is InChI=1S/C14H31N3O2S.HI/c1-11(2)12(3)17-13(15-6)16-10-14(4,5)8-9-20(7,18)19;/h11-12H,8-10H2,1-7H3,(H2,15,16,17);1H. The lowest BCUT2D eigenvalue weighted by atomic mass is 9.90. The van der Waals surface area contributed by atoms with Crippen molar-refractivity contribution in [2.75, 3.05) is 25.6 Å². The minimum absolute atomic E-state index is 0. The maximum absolute atomic E-state index is 11.2. The van der Waals surface area contributed by atoms with Crippen LogP contribution in [0.5, 0.6) is 0 Å². The third-order valence-corrected chi connectivity index (χ3v) is 4.42. The molecule has 0 saturated carbocycles. The molecule has 0 aromatic carbocycles. The van der Waals surface area contributed by atoms with Crippen LogP contribution >= 0.6 is 24.0 Å². The molecule has 2 N–H and O–H groups in total. The second-order valence-electron chi connectivity index (χ2n) is 6.65. The highest BCUT2D eigenvalue weighted by atomic mass is 127. The molecule has 1 atom stereocenters. The van der Waals surface area contributed by atoms with Crippen molar-refractivity contribution in [3.63, 3.8) is 0 Å². The minimum atomic E-state index is -2.91. The summed E-state index contributed by atoms with van der Waals surface area (Å²) in [7, 11) is -1.16. The van der Waals surface area contributed by atoms with E-state index in [0.29, 0.717) is 24.9 Å². The number of sulfone groups is 1. The zero-order valence-corrected chi connectivity index (χ0v) is 17.5. The summed E-state index contributed by atoms with van der Waals surface area (Å²) in [4.78, 5) is 4.20. The monoisotopic (exact) mass is 433 g/mol. The van der Waals surface area contributed by atoms with Gasteiger partial charge in [0.1, 0.15) is 9.84 Å². The topological polar surface area (TPSA) is 70.6 Å². The summed E-state index contributed by atoms with van der Waals surface area (Å²) in [5, 5.41) is 6.61. The average Bonchev–Trinajstić information content (AvgIpc) is 2.31. The van der Waals surface area contributed by atoms with Gasteiger partial charge in [-0.25, -0.2) is 8.42 Å². The molecule has 0 rings (SSSR count). The van der Waals surface area contributed by atoms with E-state index in [1.165, 1.54) is 6.26 Å². The minimum Gasteiger partial charge on any atom is -0.356 e. The van der Waals surface area contributed by atoms with Crippen molar-refractivity contribution in [3.8, 4) is 0 Å². The van der Waals surface area contributed by atoms with Crippen LogP contribution in [0, 0.1) is 11.3 Å². The molecule has 0 aliphatic carbocycles. The number of aliphatic imine (C=N–C) groups is 1. The Morgan fingerprint density at radius 1 is 1.24 bits per heavy atom. The van der Waals surface area contributed by atoms with Gasteiger partial charge < -0.3 is 10.6 Å². The SMILES string of the molecule is CN=C(NCC(C)(C)CCS(C)(=O)=O)NC(C)C(C)C.I. The van der Waals surface area contributed by atoms with Gasteiger partial charge in [0.05, 0.1) is 5.75 Å². The Morgan fingerprint density at radius 2 is 1.76 bits per heavy atom. The first kappa shape index (κ1) is 23.2. The van der Waals surface area contributed by atoms with Crippen LogP contribution in [0.1, 0.15) is 41.0 Å². The maximum atomic E-state index is 11.2. The van der Waals surface area contributed by atoms with E-state index < -0.39 is 9.84 Å². The van der Waals surface area contributed by atoms with Crippen molar-refractivity contribution < 1.29 is 8.42 Å². The van der Waals surface area contributed by atoms with Gasteiger partial charge in [-0.05, 0) is 24.7 Å². The normalized spacial score (nSPS) is 14.6. The molecule has 0 saturated heterocycles. The van der Waals surface area contributed by atoms with E-state index in [2.05, 4.69) is 50.2 Å². The molecular weight excluding hydrogens is 401 g/mol. The van der Waals surface area contributed by atoms with E-state index >= 15 is 0 Å². The zero-order valence-electron chi connectivity index (χ0n) is 14.4. The van der Waals surface area contributed by atoms with Crippen molar-refractivity contribution in [2.24, 2.45) is 16.3 Å². The first-order valence-electron chi connectivity index (χ1n) is 7.12. The number of guanidine groups is 1. The van der Waals surface area contributed by atoms with Crippen LogP contribution in [-0.4, -0.2) is 46.0 Å². The molecule has 5 nitrogen and oxygen atoms in total. The fourth-order valence-electron chi connectivity index (χ4n) is 1.45. The van der Waals surface area contributed by atoms with Crippen LogP contribution < -0.4 is 10.6 Å². The van der Waals surface area contributed by atoms with E-state index in [-0.39, 0.29) is 35.1 Å². The number of halogens is 1. The lowest BCUT2D eigenvalue weighted by Gasteiger charge is -2.27. The van der Waals surface area contributed by atoms with E-state index in [0.717, 1.165) is 5.96 Å². The molecule has 0 radical (unpaired) electrons. The Kier molecular flexibility index (Phi) is 10.9. The fraction of sp³-hybridized carbons (Fsp3) is 0.929. The van der Waals surface area contributed by atoms with Gasteiger partial charge in [0, 0.05) is 25.9 Å². The summed E-state index contributed by atoms with van der Waals surface area (Å²) in [5.41, 5.74) is -0.0955. The molecule has 128 valence electrons. The lowest BCUT2D eigenvalue weighted by Crippen LogP contribution is -2.47. The Labute approximate surface area is 147 Å². The second kappa shape index (κ2) is 9.86. The van der Waals surface area contributed by atoms with Crippen LogP contribution in [0.15, 0.2) is 4.99 Å². The van der Waals surface area contributed by atoms with Gasteiger partial charge >= 0.3 is 0 Å². The van der Waals surface area contributed by atoms with E-state index in [1.54, 1.807) is 7.05 Å². The molecule has 0 aliphatic heterocycles. The predicted octanol–water partition coefficient (Wildman–Crippen LogP) is 2.27. The van der Waals surface area contributed by atoms with Gasteiger partial charge in [-0.15, -0.1) is 24.0 Å². The smallest absolute Gasteiger partial charge is 0.191 e. The van der Waals surface area contributed by atoms with Gasteiger partial charge in [-0.3, -0.25) is 4.99 Å². The summed E-state index contributed by atoms with van der Waals surface area (Å²) in [6, 6.07) is 0.334. The van der Waals surface area contributed by atoms with Crippen molar-refractivity contribution in [1.82, 2.24) is 10.6 Å². The van der Waals surface area contributed by atoms with Gasteiger partial charge in [0.25, 0.3) is 0 Å². The summed E-state index contributed by atoms with van der Waals surface area (Å²) >= 11 is 0. The summed E-state index contributed by atoms with van der Waals surface area (Å²) < 4.78 is 22.5. The fourth-order valence-corrected chi connectivity index (χ4v) is 2.37. The summed E-state index contributed by atoms with van der Waals surface area (Å²) in [5.74, 6) is 1.50. The lowest BCUT2D eigenvalue weighted by molar-refractivity contribution is 0.347. The van der Waals surface area contributed by atoms with Crippen LogP contribution in [0.3, 0.4) is 0 Å². The molecule has 0 heterocycles. The van der Waals surface area contributed by atoms with E-state index in [1.807, 2.05) is 0 Å². The summed E-state index contributed by atoms with van der Waals surface area (Å²) in [6.07, 6.45) is 1.91. The van der Waals surface area contributed by atoms with Gasteiger partial charge in [0.15, 0.2) is 5.96 Å². The molecule has 0 bridgehead atoms. The number of rotatable bonds is 7. The van der Waals surface area contributed by atoms with Gasteiger partial charge in [-0.1, -0.05) is 27.7 Å². The molecule has 0 spiro atoms. The molecule has 1 unspecified atom stereocenters. The quantitative estimate of drug-likeness (QED) is 0.367. The van der Waals surface area contributed by atoms with Crippen molar-refractivity contribution >= 4 is 39.8 Å². The average molecular weight is 433 g/mol. The summed E-state index contributed by atoms with van der Waals surface area (Å²) in [6.45, 7) is 11.2. The Balaban J connectivity index is 0. The third-order valence-electron chi connectivity index (χ3n) is 3.47. The highest BCUT2D eigenvalue weighted by Gasteiger charge is 2.21. The van der Waals surface area contributed by atoms with Crippen LogP contribution in [0.25, 0.3) is 0 Å². The molecule has 0 aromatic rings. The third kappa shape index (κ3) is 12.2. The molecule has 21 heavy (non-hydrogen) atoms. The van der Waals surface area contributed by atoms with Crippen molar-refractivity contribution in [1.29, 1.82) is 0 Å². The Morgan fingerprint density at radius 3 is 2.14 bits per heavy atom. The number of nitrogens with zero attached hydrogens (tertiary/aromatic N) is 1. The van der Waals surface area contributed by atoms with Crippen LogP contribution in [0.2, 0.25) is 0 Å². The molecule has 0 aromatic heterocycles. The van der Waals surface area contributed by atoms with Gasteiger partial charge in [-0.2, -0.15) is 0 Å². The van der Waals surface area contributed by atoms with E-state index in [9.17, 15) is 8.42 Å². The van der Waals surface area contributed by atoms with Gasteiger partial charge in [0.2, 0.25) is 0 Å². The number of nitrogens with one attached hydrogen (secondary N) is 2. The van der Waals surface area contributed by atoms with E-state index in [4.69, 9.17) is 0 Å². The van der Waals surface area contributed by atoms with Crippen LogP contribution in [-0.2, 0) is 9.84 Å². The zero-order chi connectivity index (χ0) is 16.0. The number of hydrogen-bond donors (Lipinski definition) is 2. The second-order valence-corrected chi connectivity index (χ2v) is 8.91. The largest absolute Gasteiger partial charge is 0.356 e. The highest BCUT2D eigenvalue weighted by Crippen LogP contribution is 2.19. The Hall–Kier alpha value is -0.0500. The molecule has 0 fully saturated rings. The Bertz CT molecular complexity index is 420. The first-order chi connectivity index (χ1) is 8.97. The molecule has 0 amide bonds. The molecule has 0 aliphatic rings. The van der Waals surface area contributed by atoms with Crippen LogP contribution in [0.4, 0.5) is 0 Å². The number of hydrogen-bond acceptors (Lipinski definition) is 3. The van der Waals surface area contributed by atoms with Crippen molar-refractivity contribution in [2.45, 2.75) is 47.1 Å². The first-order valence-corrected chi connectivity index (χ1v) is 9.18. The maximum Gasteiger partial charge on any atom is 0.191 e.